The monoisotopic (exact) mass is 323 g/mol. The van der Waals surface area contributed by atoms with E-state index in [1.165, 1.54) is 14.0 Å². The van der Waals surface area contributed by atoms with Gasteiger partial charge in [-0.15, -0.1) is 0 Å². The van der Waals surface area contributed by atoms with Gasteiger partial charge in [0.15, 0.2) is 12.1 Å². The van der Waals surface area contributed by atoms with Crippen LogP contribution in [0.2, 0.25) is 0 Å². The molecule has 128 valence electrons. The number of ether oxygens (including phenoxy) is 2. The van der Waals surface area contributed by atoms with Crippen LogP contribution in [0.25, 0.3) is 0 Å². The van der Waals surface area contributed by atoms with Gasteiger partial charge in [0, 0.05) is 7.11 Å². The van der Waals surface area contributed by atoms with Gasteiger partial charge in [-0.3, -0.25) is 4.79 Å². The van der Waals surface area contributed by atoms with Crippen LogP contribution >= 0.6 is 0 Å². The molecule has 0 aliphatic rings. The fourth-order valence-corrected chi connectivity index (χ4v) is 1.98. The third-order valence-electron chi connectivity index (χ3n) is 3.41. The summed E-state index contributed by atoms with van der Waals surface area (Å²) in [5.74, 6) is -1.13. The third kappa shape index (κ3) is 5.56. The normalized spacial score (nSPS) is 14.0. The molecule has 0 spiro atoms. The molecule has 0 aliphatic carbocycles. The van der Waals surface area contributed by atoms with Gasteiger partial charge in [-0.25, -0.2) is 4.79 Å². The van der Waals surface area contributed by atoms with E-state index in [9.17, 15) is 9.59 Å². The first-order valence-electron chi connectivity index (χ1n) is 7.35. The Bertz CT molecular complexity index is 547. The van der Waals surface area contributed by atoms with Crippen LogP contribution in [0.5, 0.6) is 5.75 Å². The second-order valence-corrected chi connectivity index (χ2v) is 6.68. The van der Waals surface area contributed by atoms with Crippen LogP contribution in [0.4, 0.5) is 0 Å². The van der Waals surface area contributed by atoms with Gasteiger partial charge in [0.1, 0.15) is 5.75 Å². The molecule has 0 heterocycles. The Kier molecular flexibility index (Phi) is 6.15. The number of methoxy groups -OCH3 is 1. The molecule has 0 radical (unpaired) electrons. The van der Waals surface area contributed by atoms with E-state index in [0.717, 1.165) is 5.56 Å². The highest BCUT2D eigenvalue weighted by Gasteiger charge is 2.35. The summed E-state index contributed by atoms with van der Waals surface area (Å²) in [6, 6.07) is 7.47. The Hall–Kier alpha value is -2.08. The van der Waals surface area contributed by atoms with E-state index in [2.05, 4.69) is 26.1 Å². The number of carbonyl (C=O) groups excluding carboxylic acids is 1. The summed E-state index contributed by atoms with van der Waals surface area (Å²) in [6.45, 7) is 7.32. The van der Waals surface area contributed by atoms with Gasteiger partial charge < -0.3 is 19.9 Å². The van der Waals surface area contributed by atoms with Crippen LogP contribution in [-0.4, -0.2) is 42.8 Å². The maximum absolute atomic E-state index is 11.9. The summed E-state index contributed by atoms with van der Waals surface area (Å²) in [5, 5.41) is 11.6. The smallest absolute Gasteiger partial charge is 0.331 e. The quantitative estimate of drug-likeness (QED) is 0.801. The van der Waals surface area contributed by atoms with E-state index in [0.29, 0.717) is 5.75 Å². The zero-order valence-corrected chi connectivity index (χ0v) is 14.3. The Morgan fingerprint density at radius 3 is 2.13 bits per heavy atom. The molecular weight excluding hydrogens is 298 g/mol. The van der Waals surface area contributed by atoms with E-state index in [1.54, 1.807) is 12.1 Å². The van der Waals surface area contributed by atoms with E-state index in [-0.39, 0.29) is 18.6 Å². The van der Waals surface area contributed by atoms with Crippen molar-refractivity contribution in [3.63, 3.8) is 0 Å². The summed E-state index contributed by atoms with van der Waals surface area (Å²) in [7, 11) is 1.38. The minimum Gasteiger partial charge on any atom is -0.484 e. The topological polar surface area (TPSA) is 84.9 Å². The Morgan fingerprint density at radius 2 is 1.70 bits per heavy atom. The largest absolute Gasteiger partial charge is 0.484 e. The highest BCUT2D eigenvalue weighted by atomic mass is 16.5. The highest BCUT2D eigenvalue weighted by molar-refractivity contribution is 5.87. The number of amides is 1. The lowest BCUT2D eigenvalue weighted by Crippen LogP contribution is -2.56. The molecule has 23 heavy (non-hydrogen) atoms. The standard InChI is InChI=1S/C17H25NO5/c1-16(2,3)12-6-8-13(9-7-12)23-10-14(19)18-17(4,11-22-5)15(20)21/h6-9H,10-11H2,1-5H3,(H,18,19)(H,20,21). The van der Waals surface area contributed by atoms with Crippen molar-refractivity contribution in [2.45, 2.75) is 38.6 Å². The van der Waals surface area contributed by atoms with Crippen molar-refractivity contribution in [1.82, 2.24) is 5.32 Å². The molecule has 1 rings (SSSR count). The van der Waals surface area contributed by atoms with Crippen LogP contribution in [0.1, 0.15) is 33.3 Å². The number of benzene rings is 1. The summed E-state index contributed by atoms with van der Waals surface area (Å²) in [6.07, 6.45) is 0. The molecular formula is C17H25NO5. The first kappa shape index (κ1) is 19.0. The molecule has 0 saturated carbocycles. The van der Waals surface area contributed by atoms with Gasteiger partial charge in [-0.1, -0.05) is 32.9 Å². The molecule has 0 aromatic heterocycles. The molecule has 0 saturated heterocycles. The van der Waals surface area contributed by atoms with Crippen molar-refractivity contribution in [3.8, 4) is 5.75 Å². The van der Waals surface area contributed by atoms with E-state index < -0.39 is 17.4 Å². The van der Waals surface area contributed by atoms with Crippen molar-refractivity contribution in [1.29, 1.82) is 0 Å². The Labute approximate surface area is 136 Å². The molecule has 0 fully saturated rings. The number of nitrogens with one attached hydrogen (secondary N) is 1. The minimum atomic E-state index is -1.48. The number of carbonyl (C=O) groups is 2. The van der Waals surface area contributed by atoms with E-state index in [1.807, 2.05) is 12.1 Å². The first-order valence-corrected chi connectivity index (χ1v) is 7.35. The number of hydrogen-bond donors (Lipinski definition) is 2. The maximum Gasteiger partial charge on any atom is 0.331 e. The lowest BCUT2D eigenvalue weighted by molar-refractivity contribution is -0.149. The molecule has 0 bridgehead atoms. The predicted octanol–water partition coefficient (Wildman–Crippen LogP) is 1.97. The van der Waals surface area contributed by atoms with Crippen molar-refractivity contribution in [2.24, 2.45) is 0 Å². The van der Waals surface area contributed by atoms with Gasteiger partial charge in [0.05, 0.1) is 6.61 Å². The highest BCUT2D eigenvalue weighted by Crippen LogP contribution is 2.24. The van der Waals surface area contributed by atoms with Crippen molar-refractivity contribution < 1.29 is 24.2 Å². The summed E-state index contributed by atoms with van der Waals surface area (Å²) >= 11 is 0. The van der Waals surface area contributed by atoms with Gasteiger partial charge in [-0.2, -0.15) is 0 Å². The van der Waals surface area contributed by atoms with Gasteiger partial charge in [-0.05, 0) is 30.0 Å². The number of carboxylic acid groups (broad SMARTS) is 1. The average Bonchev–Trinajstić information content (AvgIpc) is 2.44. The molecule has 1 amide bonds. The number of carboxylic acids is 1. The maximum atomic E-state index is 11.9. The molecule has 1 atom stereocenters. The van der Waals surface area contributed by atoms with Crippen LogP contribution in [0.3, 0.4) is 0 Å². The van der Waals surface area contributed by atoms with E-state index in [4.69, 9.17) is 14.6 Å². The third-order valence-corrected chi connectivity index (χ3v) is 3.41. The second-order valence-electron chi connectivity index (χ2n) is 6.68. The zero-order chi connectivity index (χ0) is 17.7. The second kappa shape index (κ2) is 7.46. The predicted molar refractivity (Wildman–Crippen MR) is 86.7 cm³/mol. The SMILES string of the molecule is COCC(C)(NC(=O)COc1ccc(C(C)(C)C)cc1)C(=O)O. The van der Waals surface area contributed by atoms with Crippen molar-refractivity contribution in [2.75, 3.05) is 20.3 Å². The lowest BCUT2D eigenvalue weighted by atomic mass is 9.87. The minimum absolute atomic E-state index is 0.0410. The number of rotatable bonds is 7. The van der Waals surface area contributed by atoms with Crippen LogP contribution in [-0.2, 0) is 19.7 Å². The average molecular weight is 323 g/mol. The Balaban J connectivity index is 2.61. The summed E-state index contributed by atoms with van der Waals surface area (Å²) in [5.41, 5.74) is -0.280. The lowest BCUT2D eigenvalue weighted by Gasteiger charge is -2.25. The molecule has 2 N–H and O–H groups in total. The summed E-state index contributed by atoms with van der Waals surface area (Å²) < 4.78 is 10.2. The zero-order valence-electron chi connectivity index (χ0n) is 14.3. The number of aliphatic carboxylic acids is 1. The summed E-state index contributed by atoms with van der Waals surface area (Å²) in [4.78, 5) is 23.1. The van der Waals surface area contributed by atoms with Gasteiger partial charge >= 0.3 is 5.97 Å². The molecule has 6 heteroatoms. The molecule has 1 aromatic carbocycles. The molecule has 0 aliphatic heterocycles. The van der Waals surface area contributed by atoms with Gasteiger partial charge in [0.2, 0.25) is 0 Å². The molecule has 1 unspecified atom stereocenters. The van der Waals surface area contributed by atoms with Crippen LogP contribution < -0.4 is 10.1 Å². The van der Waals surface area contributed by atoms with Gasteiger partial charge in [0.25, 0.3) is 5.91 Å². The first-order chi connectivity index (χ1) is 10.6. The van der Waals surface area contributed by atoms with Crippen molar-refractivity contribution >= 4 is 11.9 Å². The molecule has 6 nitrogen and oxygen atoms in total. The molecule has 1 aromatic rings. The van der Waals surface area contributed by atoms with Crippen molar-refractivity contribution in [3.05, 3.63) is 29.8 Å². The fraction of sp³-hybridized carbons (Fsp3) is 0.529. The fourth-order valence-electron chi connectivity index (χ4n) is 1.98. The van der Waals surface area contributed by atoms with Crippen LogP contribution in [0, 0.1) is 0 Å². The Morgan fingerprint density at radius 1 is 1.13 bits per heavy atom. The number of hydrogen-bond acceptors (Lipinski definition) is 4. The van der Waals surface area contributed by atoms with Crippen LogP contribution in [0.15, 0.2) is 24.3 Å². The van der Waals surface area contributed by atoms with E-state index >= 15 is 0 Å².